The van der Waals surface area contributed by atoms with E-state index in [4.69, 9.17) is 18.9 Å². The molecular formula is C44H81NO8. The Morgan fingerprint density at radius 3 is 1.51 bits per heavy atom. The van der Waals surface area contributed by atoms with Crippen molar-refractivity contribution in [3.8, 4) is 0 Å². The van der Waals surface area contributed by atoms with Crippen LogP contribution in [0.4, 0.5) is 0 Å². The maximum Gasteiger partial charge on any atom is 0.306 e. The summed E-state index contributed by atoms with van der Waals surface area (Å²) in [6.07, 6.45) is 34.9. The van der Waals surface area contributed by atoms with Gasteiger partial charge in [-0.2, -0.15) is 0 Å². The van der Waals surface area contributed by atoms with Crippen LogP contribution in [-0.2, 0) is 33.3 Å². The van der Waals surface area contributed by atoms with E-state index in [1.165, 1.54) is 89.9 Å². The number of unbranched alkanes of at least 4 members (excludes halogenated alkanes) is 20. The van der Waals surface area contributed by atoms with Gasteiger partial charge in [0.05, 0.1) is 40.3 Å². The van der Waals surface area contributed by atoms with Crippen LogP contribution in [0.2, 0.25) is 0 Å². The van der Waals surface area contributed by atoms with Gasteiger partial charge in [-0.1, -0.05) is 147 Å². The molecule has 9 heteroatoms. The molecule has 0 saturated carbocycles. The third kappa shape index (κ3) is 37.9. The molecule has 9 nitrogen and oxygen atoms in total. The fourth-order valence-corrected chi connectivity index (χ4v) is 5.80. The van der Waals surface area contributed by atoms with Gasteiger partial charge in [-0.3, -0.25) is 9.59 Å². The van der Waals surface area contributed by atoms with Crippen molar-refractivity contribution in [2.75, 3.05) is 47.5 Å². The number of carbonyl (C=O) groups is 3. The number of allylic oxidation sites excluding steroid dienone is 4. The Kier molecular flexibility index (Phi) is 35.2. The van der Waals surface area contributed by atoms with Gasteiger partial charge in [0.15, 0.2) is 12.4 Å². The number of aliphatic carboxylic acids is 1. The highest BCUT2D eigenvalue weighted by atomic mass is 16.7. The minimum Gasteiger partial charge on any atom is -0.545 e. The van der Waals surface area contributed by atoms with Crippen molar-refractivity contribution >= 4 is 17.9 Å². The standard InChI is InChI=1S/C44H81NO8/c1-6-8-10-12-14-16-18-20-21-22-23-25-27-29-31-33-35-42(47)53-40(39-52-44(43(48)49)50-37-36-45(3,4)5)38-51-41(46)34-32-30-28-26-24-19-17-15-13-11-9-7-2/h16,18,21-22,40,44H,6-15,17,19-20,23-39H2,1-5H3/b18-16-,22-21-. The van der Waals surface area contributed by atoms with E-state index < -0.39 is 24.3 Å². The van der Waals surface area contributed by atoms with Crippen molar-refractivity contribution in [1.29, 1.82) is 0 Å². The maximum absolute atomic E-state index is 12.7. The molecule has 310 valence electrons. The second kappa shape index (κ2) is 36.7. The molecule has 0 aromatic rings. The first-order chi connectivity index (χ1) is 25.6. The van der Waals surface area contributed by atoms with Crippen LogP contribution < -0.4 is 5.11 Å². The lowest BCUT2D eigenvalue weighted by atomic mass is 10.0. The summed E-state index contributed by atoms with van der Waals surface area (Å²) in [7, 11) is 5.90. The van der Waals surface area contributed by atoms with Gasteiger partial charge in [-0.05, 0) is 44.9 Å². The number of esters is 2. The van der Waals surface area contributed by atoms with Gasteiger partial charge >= 0.3 is 11.9 Å². The van der Waals surface area contributed by atoms with Crippen LogP contribution in [0.3, 0.4) is 0 Å². The molecule has 0 aliphatic rings. The van der Waals surface area contributed by atoms with Crippen LogP contribution in [0.25, 0.3) is 0 Å². The van der Waals surface area contributed by atoms with E-state index in [-0.39, 0.29) is 32.2 Å². The van der Waals surface area contributed by atoms with Gasteiger partial charge < -0.3 is 33.3 Å². The first kappa shape index (κ1) is 50.8. The summed E-state index contributed by atoms with van der Waals surface area (Å²) in [5.41, 5.74) is 0. The molecule has 0 saturated heterocycles. The van der Waals surface area contributed by atoms with Crippen LogP contribution in [-0.4, -0.2) is 82.3 Å². The maximum atomic E-state index is 12.7. The summed E-state index contributed by atoms with van der Waals surface area (Å²) in [6.45, 7) is 4.70. The third-order valence-corrected chi connectivity index (χ3v) is 9.20. The first-order valence-corrected chi connectivity index (χ1v) is 21.5. The SMILES string of the molecule is CCCCCC/C=C\C/C=C\CCCCCCCC(=O)OC(COC(=O)CCCCCCCCCCCCCC)COC(OCC[N+](C)(C)C)C(=O)[O-]. The van der Waals surface area contributed by atoms with Crippen molar-refractivity contribution in [3.05, 3.63) is 24.3 Å². The van der Waals surface area contributed by atoms with Crippen LogP contribution >= 0.6 is 0 Å². The molecular weight excluding hydrogens is 670 g/mol. The second-order valence-electron chi connectivity index (χ2n) is 15.6. The van der Waals surface area contributed by atoms with E-state index in [9.17, 15) is 19.5 Å². The molecule has 0 amide bonds. The number of carbonyl (C=O) groups excluding carboxylic acids is 3. The molecule has 0 rings (SSSR count). The summed E-state index contributed by atoms with van der Waals surface area (Å²) >= 11 is 0. The van der Waals surface area contributed by atoms with E-state index in [1.54, 1.807) is 0 Å². The highest BCUT2D eigenvalue weighted by Crippen LogP contribution is 2.14. The number of rotatable bonds is 39. The van der Waals surface area contributed by atoms with Crippen molar-refractivity contribution in [2.24, 2.45) is 0 Å². The Hall–Kier alpha value is -2.23. The monoisotopic (exact) mass is 752 g/mol. The minimum absolute atomic E-state index is 0.146. The number of quaternary nitrogens is 1. The third-order valence-electron chi connectivity index (χ3n) is 9.20. The number of carboxylic acids is 1. The average Bonchev–Trinajstić information content (AvgIpc) is 3.11. The summed E-state index contributed by atoms with van der Waals surface area (Å²) in [6, 6.07) is 0. The van der Waals surface area contributed by atoms with Crippen molar-refractivity contribution in [3.63, 3.8) is 0 Å². The van der Waals surface area contributed by atoms with E-state index in [1.807, 2.05) is 21.1 Å². The van der Waals surface area contributed by atoms with Crippen LogP contribution in [0, 0.1) is 0 Å². The van der Waals surface area contributed by atoms with Crippen molar-refractivity contribution in [2.45, 2.75) is 193 Å². The molecule has 0 spiro atoms. The van der Waals surface area contributed by atoms with Crippen LogP contribution in [0.1, 0.15) is 181 Å². The normalized spacial score (nSPS) is 13.2. The molecule has 0 radical (unpaired) electrons. The number of hydrogen-bond donors (Lipinski definition) is 0. The summed E-state index contributed by atoms with van der Waals surface area (Å²) < 4.78 is 22.5. The Bertz CT molecular complexity index is 929. The molecule has 2 unspecified atom stereocenters. The van der Waals surface area contributed by atoms with E-state index in [0.29, 0.717) is 23.9 Å². The predicted molar refractivity (Wildman–Crippen MR) is 214 cm³/mol. The lowest BCUT2D eigenvalue weighted by Crippen LogP contribution is -2.44. The van der Waals surface area contributed by atoms with Gasteiger partial charge in [0.25, 0.3) is 0 Å². The Morgan fingerprint density at radius 2 is 1.02 bits per heavy atom. The number of ether oxygens (including phenoxy) is 4. The zero-order valence-corrected chi connectivity index (χ0v) is 34.9. The van der Waals surface area contributed by atoms with Crippen molar-refractivity contribution < 1.29 is 42.9 Å². The van der Waals surface area contributed by atoms with E-state index >= 15 is 0 Å². The van der Waals surface area contributed by atoms with Gasteiger partial charge in [-0.15, -0.1) is 0 Å². The zero-order chi connectivity index (χ0) is 39.3. The second-order valence-corrected chi connectivity index (χ2v) is 15.6. The van der Waals surface area contributed by atoms with Gasteiger partial charge in [-0.25, -0.2) is 0 Å². The van der Waals surface area contributed by atoms with Gasteiger partial charge in [0.1, 0.15) is 13.2 Å². The zero-order valence-electron chi connectivity index (χ0n) is 34.9. The Morgan fingerprint density at radius 1 is 0.566 bits per heavy atom. The summed E-state index contributed by atoms with van der Waals surface area (Å²) in [4.78, 5) is 36.9. The number of hydrogen-bond acceptors (Lipinski definition) is 8. The topological polar surface area (TPSA) is 111 Å². The molecule has 0 N–H and O–H groups in total. The fraction of sp³-hybridized carbons (Fsp3) is 0.841. The molecule has 0 heterocycles. The minimum atomic E-state index is -1.62. The van der Waals surface area contributed by atoms with Crippen LogP contribution in [0.15, 0.2) is 24.3 Å². The van der Waals surface area contributed by atoms with E-state index in [2.05, 4.69) is 38.2 Å². The highest BCUT2D eigenvalue weighted by molar-refractivity contribution is 5.70. The van der Waals surface area contributed by atoms with Crippen LogP contribution in [0.5, 0.6) is 0 Å². The Balaban J connectivity index is 4.49. The molecule has 0 fully saturated rings. The quantitative estimate of drug-likeness (QED) is 0.0201. The largest absolute Gasteiger partial charge is 0.545 e. The van der Waals surface area contributed by atoms with Gasteiger partial charge in [0, 0.05) is 12.8 Å². The lowest BCUT2D eigenvalue weighted by molar-refractivity contribution is -0.870. The summed E-state index contributed by atoms with van der Waals surface area (Å²) in [5.74, 6) is -2.30. The lowest BCUT2D eigenvalue weighted by Gasteiger charge is -2.26. The molecule has 0 aromatic heterocycles. The van der Waals surface area contributed by atoms with Crippen molar-refractivity contribution in [1.82, 2.24) is 0 Å². The molecule has 0 aliphatic heterocycles. The number of nitrogens with zero attached hydrogens (tertiary/aromatic N) is 1. The molecule has 0 aliphatic carbocycles. The number of likely N-dealkylation sites (N-methyl/N-ethyl adjacent to an activating group) is 1. The molecule has 2 atom stereocenters. The smallest absolute Gasteiger partial charge is 0.306 e. The van der Waals surface area contributed by atoms with Gasteiger partial charge in [0.2, 0.25) is 0 Å². The number of carboxylic acid groups (broad SMARTS) is 1. The summed E-state index contributed by atoms with van der Waals surface area (Å²) in [5, 5.41) is 11.7. The molecule has 53 heavy (non-hydrogen) atoms. The predicted octanol–water partition coefficient (Wildman–Crippen LogP) is 9.55. The fourth-order valence-electron chi connectivity index (χ4n) is 5.80. The molecule has 0 bridgehead atoms. The van der Waals surface area contributed by atoms with E-state index in [0.717, 1.165) is 57.8 Å². The molecule has 0 aromatic carbocycles. The highest BCUT2D eigenvalue weighted by Gasteiger charge is 2.21. The first-order valence-electron chi connectivity index (χ1n) is 21.5. The Labute approximate surface area is 325 Å². The average molecular weight is 752 g/mol.